The number of rotatable bonds is 5. The Morgan fingerprint density at radius 2 is 2.30 bits per heavy atom. The zero-order valence-electron chi connectivity index (χ0n) is 11.7. The molecule has 2 aromatic rings. The molecule has 106 valence electrons. The molecule has 0 unspecified atom stereocenters. The summed E-state index contributed by atoms with van der Waals surface area (Å²) in [7, 11) is 1.92. The summed E-state index contributed by atoms with van der Waals surface area (Å²) >= 11 is 0. The SMILES string of the molecule is Cn1cc(CNCC2(O)CCC2)c(-c2cccnc2)n1. The lowest BCUT2D eigenvalue weighted by Gasteiger charge is -2.36. The first-order chi connectivity index (χ1) is 9.66. The van der Waals surface area contributed by atoms with Crippen molar-refractivity contribution < 1.29 is 5.11 Å². The van der Waals surface area contributed by atoms with Crippen LogP contribution < -0.4 is 5.32 Å². The van der Waals surface area contributed by atoms with Gasteiger partial charge in [0.25, 0.3) is 0 Å². The maximum absolute atomic E-state index is 10.1. The van der Waals surface area contributed by atoms with Crippen LogP contribution in [-0.4, -0.2) is 32.0 Å². The quantitative estimate of drug-likeness (QED) is 0.865. The van der Waals surface area contributed by atoms with E-state index in [0.717, 1.165) is 36.1 Å². The summed E-state index contributed by atoms with van der Waals surface area (Å²) in [6.45, 7) is 1.36. The standard InChI is InChI=1S/C15H20N4O/c1-19-10-13(9-17-11-15(20)5-3-6-15)14(18-19)12-4-2-7-16-8-12/h2,4,7-8,10,17,20H,3,5-6,9,11H2,1H3. The summed E-state index contributed by atoms with van der Waals surface area (Å²) in [4.78, 5) is 4.14. The molecule has 0 spiro atoms. The number of nitrogens with one attached hydrogen (secondary N) is 1. The van der Waals surface area contributed by atoms with Gasteiger partial charge in [-0.3, -0.25) is 9.67 Å². The first-order valence-electron chi connectivity index (χ1n) is 7.02. The minimum Gasteiger partial charge on any atom is -0.389 e. The molecular weight excluding hydrogens is 252 g/mol. The van der Waals surface area contributed by atoms with Crippen molar-refractivity contribution in [1.29, 1.82) is 0 Å². The number of pyridine rings is 1. The molecule has 0 atom stereocenters. The summed E-state index contributed by atoms with van der Waals surface area (Å²) in [5, 5.41) is 17.9. The van der Waals surface area contributed by atoms with E-state index < -0.39 is 5.60 Å². The van der Waals surface area contributed by atoms with E-state index in [2.05, 4.69) is 15.4 Å². The number of aryl methyl sites for hydroxylation is 1. The highest BCUT2D eigenvalue weighted by atomic mass is 16.3. The lowest BCUT2D eigenvalue weighted by Crippen LogP contribution is -2.45. The average Bonchev–Trinajstić information content (AvgIpc) is 2.79. The maximum Gasteiger partial charge on any atom is 0.0983 e. The summed E-state index contributed by atoms with van der Waals surface area (Å²) in [5.41, 5.74) is 2.61. The summed E-state index contributed by atoms with van der Waals surface area (Å²) in [6.07, 6.45) is 8.54. The molecule has 1 saturated carbocycles. The lowest BCUT2D eigenvalue weighted by atomic mass is 9.80. The highest BCUT2D eigenvalue weighted by Gasteiger charge is 2.33. The number of hydrogen-bond acceptors (Lipinski definition) is 4. The van der Waals surface area contributed by atoms with Crippen molar-refractivity contribution in [2.45, 2.75) is 31.4 Å². The largest absolute Gasteiger partial charge is 0.389 e. The Bertz CT molecular complexity index is 575. The topological polar surface area (TPSA) is 63.0 Å². The van der Waals surface area contributed by atoms with E-state index in [1.807, 2.05) is 36.3 Å². The number of aliphatic hydroxyl groups is 1. The highest BCUT2D eigenvalue weighted by Crippen LogP contribution is 2.30. The van der Waals surface area contributed by atoms with Gasteiger partial charge >= 0.3 is 0 Å². The Balaban J connectivity index is 1.70. The van der Waals surface area contributed by atoms with Gasteiger partial charge in [0, 0.05) is 49.9 Å². The molecule has 0 saturated heterocycles. The van der Waals surface area contributed by atoms with Gasteiger partial charge in [0.1, 0.15) is 0 Å². The molecule has 1 aliphatic carbocycles. The van der Waals surface area contributed by atoms with Crippen LogP contribution in [0.25, 0.3) is 11.3 Å². The van der Waals surface area contributed by atoms with Gasteiger partial charge in [-0.15, -0.1) is 0 Å². The zero-order chi connectivity index (χ0) is 14.0. The van der Waals surface area contributed by atoms with E-state index in [4.69, 9.17) is 0 Å². The van der Waals surface area contributed by atoms with Crippen LogP contribution in [-0.2, 0) is 13.6 Å². The molecule has 5 heteroatoms. The fraction of sp³-hybridized carbons (Fsp3) is 0.467. The smallest absolute Gasteiger partial charge is 0.0983 e. The molecule has 0 aromatic carbocycles. The van der Waals surface area contributed by atoms with E-state index in [-0.39, 0.29) is 0 Å². The molecular formula is C15H20N4O. The second kappa shape index (κ2) is 5.34. The third kappa shape index (κ3) is 2.73. The third-order valence-electron chi connectivity index (χ3n) is 3.89. The van der Waals surface area contributed by atoms with Crippen LogP contribution in [0.1, 0.15) is 24.8 Å². The van der Waals surface area contributed by atoms with Crippen LogP contribution in [0.15, 0.2) is 30.7 Å². The molecule has 0 aliphatic heterocycles. The Morgan fingerprint density at radius 3 is 2.95 bits per heavy atom. The van der Waals surface area contributed by atoms with Crippen molar-refractivity contribution in [2.75, 3.05) is 6.54 Å². The monoisotopic (exact) mass is 272 g/mol. The van der Waals surface area contributed by atoms with Crippen molar-refractivity contribution in [1.82, 2.24) is 20.1 Å². The molecule has 0 amide bonds. The summed E-state index contributed by atoms with van der Waals surface area (Å²) in [5.74, 6) is 0. The highest BCUT2D eigenvalue weighted by molar-refractivity contribution is 5.61. The van der Waals surface area contributed by atoms with Crippen LogP contribution in [0.2, 0.25) is 0 Å². The van der Waals surface area contributed by atoms with E-state index in [0.29, 0.717) is 13.1 Å². The van der Waals surface area contributed by atoms with Crippen LogP contribution in [0.4, 0.5) is 0 Å². The number of nitrogens with zero attached hydrogens (tertiary/aromatic N) is 3. The van der Waals surface area contributed by atoms with Crippen molar-refractivity contribution in [2.24, 2.45) is 7.05 Å². The fourth-order valence-corrected chi connectivity index (χ4v) is 2.60. The second-order valence-electron chi connectivity index (χ2n) is 5.60. The van der Waals surface area contributed by atoms with E-state index in [9.17, 15) is 5.11 Å². The average molecular weight is 272 g/mol. The predicted octanol–water partition coefficient (Wildman–Crippen LogP) is 1.49. The molecule has 20 heavy (non-hydrogen) atoms. The van der Waals surface area contributed by atoms with Crippen molar-refractivity contribution in [3.05, 3.63) is 36.3 Å². The Kier molecular flexibility index (Phi) is 3.54. The van der Waals surface area contributed by atoms with Crippen molar-refractivity contribution >= 4 is 0 Å². The minimum absolute atomic E-state index is 0.489. The first-order valence-corrected chi connectivity index (χ1v) is 7.02. The maximum atomic E-state index is 10.1. The molecule has 3 rings (SSSR count). The zero-order valence-corrected chi connectivity index (χ0v) is 11.7. The Labute approximate surface area is 118 Å². The molecule has 1 aliphatic rings. The third-order valence-corrected chi connectivity index (χ3v) is 3.89. The molecule has 0 bridgehead atoms. The first kappa shape index (κ1) is 13.3. The normalized spacial score (nSPS) is 16.9. The van der Waals surface area contributed by atoms with E-state index in [1.54, 1.807) is 6.20 Å². The Hall–Kier alpha value is -1.72. The molecule has 2 heterocycles. The van der Waals surface area contributed by atoms with Gasteiger partial charge in [0.15, 0.2) is 0 Å². The molecule has 0 radical (unpaired) electrons. The van der Waals surface area contributed by atoms with Crippen molar-refractivity contribution in [3.8, 4) is 11.3 Å². The van der Waals surface area contributed by atoms with E-state index in [1.165, 1.54) is 0 Å². The van der Waals surface area contributed by atoms with Crippen LogP contribution in [0, 0.1) is 0 Å². The van der Waals surface area contributed by atoms with Gasteiger partial charge in [-0.05, 0) is 31.4 Å². The van der Waals surface area contributed by atoms with Crippen LogP contribution >= 0.6 is 0 Å². The van der Waals surface area contributed by atoms with Crippen molar-refractivity contribution in [3.63, 3.8) is 0 Å². The number of aromatic nitrogens is 3. The van der Waals surface area contributed by atoms with Gasteiger partial charge < -0.3 is 10.4 Å². The minimum atomic E-state index is -0.489. The second-order valence-corrected chi connectivity index (χ2v) is 5.60. The lowest BCUT2D eigenvalue weighted by molar-refractivity contribution is -0.0314. The van der Waals surface area contributed by atoms with Gasteiger partial charge in [-0.2, -0.15) is 5.10 Å². The molecule has 1 fully saturated rings. The molecule has 2 aromatic heterocycles. The molecule has 5 nitrogen and oxygen atoms in total. The Morgan fingerprint density at radius 1 is 1.45 bits per heavy atom. The van der Waals surface area contributed by atoms with Crippen LogP contribution in [0.3, 0.4) is 0 Å². The fourth-order valence-electron chi connectivity index (χ4n) is 2.60. The number of hydrogen-bond donors (Lipinski definition) is 2. The molecule has 2 N–H and O–H groups in total. The summed E-state index contributed by atoms with van der Waals surface area (Å²) < 4.78 is 1.82. The van der Waals surface area contributed by atoms with Crippen LogP contribution in [0.5, 0.6) is 0 Å². The predicted molar refractivity (Wildman–Crippen MR) is 76.9 cm³/mol. The van der Waals surface area contributed by atoms with Gasteiger partial charge in [-0.25, -0.2) is 0 Å². The van der Waals surface area contributed by atoms with E-state index >= 15 is 0 Å². The summed E-state index contributed by atoms with van der Waals surface area (Å²) in [6, 6.07) is 3.93. The van der Waals surface area contributed by atoms with Gasteiger partial charge in [-0.1, -0.05) is 0 Å². The van der Waals surface area contributed by atoms with Gasteiger partial charge in [0.2, 0.25) is 0 Å². The van der Waals surface area contributed by atoms with Gasteiger partial charge in [0.05, 0.1) is 11.3 Å².